The Hall–Kier alpha value is -4.09. The lowest BCUT2D eigenvalue weighted by molar-refractivity contribution is -0.112. The van der Waals surface area contributed by atoms with Crippen LogP contribution in [0.1, 0.15) is 83.2 Å². The number of benzene rings is 2. The second-order valence-corrected chi connectivity index (χ2v) is 15.4. The zero-order valence-electron chi connectivity index (χ0n) is 29.9. The van der Waals surface area contributed by atoms with Gasteiger partial charge in [0.15, 0.2) is 5.82 Å². The lowest BCUT2D eigenvalue weighted by atomic mass is 9.82. The van der Waals surface area contributed by atoms with Crippen molar-refractivity contribution in [2.75, 3.05) is 30.3 Å². The molecule has 0 unspecified atom stereocenters. The molecule has 1 fully saturated rings. The highest BCUT2D eigenvalue weighted by molar-refractivity contribution is 6.40. The van der Waals surface area contributed by atoms with E-state index < -0.39 is 0 Å². The van der Waals surface area contributed by atoms with Crippen molar-refractivity contribution in [2.24, 2.45) is 18.9 Å². The van der Waals surface area contributed by atoms with Gasteiger partial charge in [0.2, 0.25) is 0 Å². The van der Waals surface area contributed by atoms with Crippen LogP contribution < -0.4 is 10.6 Å². The zero-order valence-corrected chi connectivity index (χ0v) is 31.4. The molecule has 0 saturated heterocycles. The number of nitrogens with zero attached hydrogens (tertiary/aromatic N) is 5. The predicted molar refractivity (Wildman–Crippen MR) is 205 cm³/mol. The van der Waals surface area contributed by atoms with Gasteiger partial charge in [-0.25, -0.2) is 4.98 Å². The Balaban J connectivity index is 1.03. The van der Waals surface area contributed by atoms with Crippen molar-refractivity contribution in [3.05, 3.63) is 92.7 Å². The molecule has 12 heteroatoms. The maximum Gasteiger partial charge on any atom is 0.291 e. The quantitative estimate of drug-likeness (QED) is 0.172. The van der Waals surface area contributed by atoms with Crippen molar-refractivity contribution in [1.29, 1.82) is 0 Å². The normalized spacial score (nSPS) is 19.2. The zero-order chi connectivity index (χ0) is 36.5. The number of amides is 2. The van der Waals surface area contributed by atoms with Crippen LogP contribution in [0.3, 0.4) is 0 Å². The first-order valence-corrected chi connectivity index (χ1v) is 19.0. The van der Waals surface area contributed by atoms with E-state index in [4.69, 9.17) is 28.2 Å². The van der Waals surface area contributed by atoms with Crippen molar-refractivity contribution in [3.8, 4) is 11.1 Å². The van der Waals surface area contributed by atoms with Gasteiger partial charge in [0, 0.05) is 81.2 Å². The minimum atomic E-state index is -0.351. The van der Waals surface area contributed by atoms with Gasteiger partial charge >= 0.3 is 0 Å². The average Bonchev–Trinajstić information content (AvgIpc) is 3.48. The van der Waals surface area contributed by atoms with E-state index in [0.29, 0.717) is 62.6 Å². The summed E-state index contributed by atoms with van der Waals surface area (Å²) in [6.07, 6.45) is 8.71. The predicted octanol–water partition coefficient (Wildman–Crippen LogP) is 7.42. The molecule has 1 aliphatic carbocycles. The molecule has 0 radical (unpaired) electrons. The summed E-state index contributed by atoms with van der Waals surface area (Å²) in [5.41, 5.74) is 6.70. The number of aldehydes is 1. The highest BCUT2D eigenvalue weighted by Gasteiger charge is 2.29. The van der Waals surface area contributed by atoms with Gasteiger partial charge in [0.05, 0.1) is 27.1 Å². The molecular weight excluding hydrogens is 697 g/mol. The van der Waals surface area contributed by atoms with Crippen LogP contribution in [0.2, 0.25) is 10.0 Å². The summed E-state index contributed by atoms with van der Waals surface area (Å²) in [5, 5.41) is 6.55. The van der Waals surface area contributed by atoms with Crippen LogP contribution in [0.4, 0.5) is 11.4 Å². The molecule has 0 spiro atoms. The van der Waals surface area contributed by atoms with Gasteiger partial charge < -0.3 is 20.0 Å². The second-order valence-electron chi connectivity index (χ2n) is 14.7. The molecule has 10 nitrogen and oxygen atoms in total. The fourth-order valence-electron chi connectivity index (χ4n) is 7.88. The van der Waals surface area contributed by atoms with Crippen molar-refractivity contribution >= 4 is 52.7 Å². The molecule has 2 amide bonds. The maximum atomic E-state index is 13.6. The molecule has 2 aromatic heterocycles. The van der Waals surface area contributed by atoms with Gasteiger partial charge in [-0.2, -0.15) is 0 Å². The molecular formula is C40H45Cl2N7O3. The van der Waals surface area contributed by atoms with Crippen molar-refractivity contribution in [1.82, 2.24) is 24.3 Å². The van der Waals surface area contributed by atoms with Gasteiger partial charge in [-0.3, -0.25) is 24.4 Å². The number of anilines is 2. The van der Waals surface area contributed by atoms with Crippen molar-refractivity contribution < 1.29 is 14.4 Å². The first-order chi connectivity index (χ1) is 25.1. The van der Waals surface area contributed by atoms with Crippen LogP contribution in [0.15, 0.2) is 48.7 Å². The smallest absolute Gasteiger partial charge is 0.291 e. The van der Waals surface area contributed by atoms with E-state index in [1.165, 1.54) is 0 Å². The summed E-state index contributed by atoms with van der Waals surface area (Å²) in [7, 11) is 1.88. The van der Waals surface area contributed by atoms with Gasteiger partial charge in [-0.05, 0) is 81.2 Å². The molecule has 2 aromatic carbocycles. The minimum Gasteiger partial charge on any atom is -0.327 e. The van der Waals surface area contributed by atoms with Gasteiger partial charge in [-0.15, -0.1) is 0 Å². The topological polar surface area (TPSA) is 112 Å². The third-order valence-electron chi connectivity index (χ3n) is 11.0. The van der Waals surface area contributed by atoms with E-state index in [1.54, 1.807) is 30.5 Å². The number of pyridine rings is 1. The molecule has 4 heterocycles. The molecule has 4 aromatic rings. The number of aromatic nitrogens is 3. The highest BCUT2D eigenvalue weighted by atomic mass is 35.5. The summed E-state index contributed by atoms with van der Waals surface area (Å²) in [5.74, 6) is 0.437. The van der Waals surface area contributed by atoms with Crippen molar-refractivity contribution in [2.45, 2.75) is 71.5 Å². The number of hydrogen-bond acceptors (Lipinski definition) is 7. The van der Waals surface area contributed by atoms with Crippen molar-refractivity contribution in [3.63, 3.8) is 0 Å². The van der Waals surface area contributed by atoms with E-state index in [9.17, 15) is 14.4 Å². The Kier molecular flexibility index (Phi) is 10.8. The first kappa shape index (κ1) is 36.3. The monoisotopic (exact) mass is 741 g/mol. The Morgan fingerprint density at radius 1 is 0.904 bits per heavy atom. The number of fused-ring (bicyclic) bond motifs is 2. The lowest BCUT2D eigenvalue weighted by Crippen LogP contribution is -2.36. The second kappa shape index (κ2) is 15.5. The third-order valence-corrected chi connectivity index (χ3v) is 11.8. The molecule has 3 aliphatic rings. The Labute approximate surface area is 314 Å². The number of rotatable bonds is 9. The van der Waals surface area contributed by atoms with E-state index in [-0.39, 0.29) is 17.7 Å². The molecule has 2 aliphatic heterocycles. The van der Waals surface area contributed by atoms with E-state index >= 15 is 0 Å². The van der Waals surface area contributed by atoms with Gasteiger partial charge in [-0.1, -0.05) is 47.5 Å². The van der Waals surface area contributed by atoms with Crippen LogP contribution >= 0.6 is 23.2 Å². The van der Waals surface area contributed by atoms with Crippen LogP contribution in [0.25, 0.3) is 11.1 Å². The molecule has 1 saturated carbocycles. The number of carbonyl (C=O) groups excluding carboxylic acids is 3. The van der Waals surface area contributed by atoms with Gasteiger partial charge in [0.25, 0.3) is 11.8 Å². The Bertz CT molecular complexity index is 2000. The number of carbonyl (C=O) groups is 3. The lowest BCUT2D eigenvalue weighted by Gasteiger charge is -2.33. The summed E-state index contributed by atoms with van der Waals surface area (Å²) in [4.78, 5) is 52.2. The molecule has 272 valence electrons. The summed E-state index contributed by atoms with van der Waals surface area (Å²) in [6.45, 7) is 8.74. The third kappa shape index (κ3) is 7.53. The van der Waals surface area contributed by atoms with Gasteiger partial charge in [0.1, 0.15) is 12.0 Å². The number of imidazole rings is 1. The Morgan fingerprint density at radius 2 is 1.58 bits per heavy atom. The molecule has 0 bridgehead atoms. The van der Waals surface area contributed by atoms with Crippen LogP contribution in [-0.4, -0.2) is 68.1 Å². The highest BCUT2D eigenvalue weighted by Crippen LogP contribution is 2.40. The van der Waals surface area contributed by atoms with Crippen LogP contribution in [0.5, 0.6) is 0 Å². The van der Waals surface area contributed by atoms with E-state index in [1.807, 2.05) is 29.8 Å². The standard InChI is InChI=1S/C40H45Cl2N7O3/c1-24(2)49-17-14-27-18-33(43-19-28(27)21-49)39(51)45-31-8-4-6-29(36(31)41)30-7-5-9-32(37(30)42)46-40(52)38-44-34-22-48(16-15-35(34)47(38)3)20-25-10-12-26(23-50)13-11-25/h4-9,18-19,23-26H,10-17,20-22H2,1-3H3,(H,45,51)(H,46,52). The summed E-state index contributed by atoms with van der Waals surface area (Å²) in [6, 6.07) is 13.1. The first-order valence-electron chi connectivity index (χ1n) is 18.2. The fourth-order valence-corrected chi connectivity index (χ4v) is 8.43. The van der Waals surface area contributed by atoms with E-state index in [0.717, 1.165) is 93.5 Å². The average molecular weight is 743 g/mol. The van der Waals surface area contributed by atoms with E-state index in [2.05, 4.69) is 39.3 Å². The molecule has 7 rings (SSSR count). The molecule has 2 N–H and O–H groups in total. The molecule has 52 heavy (non-hydrogen) atoms. The van der Waals surface area contributed by atoms with Crippen LogP contribution in [-0.2, 0) is 37.8 Å². The SMILES string of the molecule is CC(C)N1CCc2cc(C(=O)Nc3cccc(-c4cccc(NC(=O)c5nc6c(n5C)CCN(CC5CCC(C=O)CC5)C6)c4Cl)c3Cl)ncc2C1. The summed E-state index contributed by atoms with van der Waals surface area (Å²) >= 11 is 13.9. The number of halogens is 2. The largest absolute Gasteiger partial charge is 0.327 e. The van der Waals surface area contributed by atoms with Crippen LogP contribution in [0, 0.1) is 11.8 Å². The fraction of sp³-hybridized carbons (Fsp3) is 0.425. The maximum absolute atomic E-state index is 13.6. The number of nitrogens with one attached hydrogen (secondary N) is 2. The number of hydrogen-bond donors (Lipinski definition) is 2. The molecule has 0 atom stereocenters. The minimum absolute atomic E-state index is 0.213. The Morgan fingerprint density at radius 3 is 2.23 bits per heavy atom. The summed E-state index contributed by atoms with van der Waals surface area (Å²) < 4.78 is 1.88.